The number of nitriles is 1. The Labute approximate surface area is 214 Å². The minimum atomic E-state index is -0.0292. The van der Waals surface area contributed by atoms with E-state index in [4.69, 9.17) is 4.98 Å². The molecule has 0 spiro atoms. The van der Waals surface area contributed by atoms with Gasteiger partial charge in [0.25, 0.3) is 0 Å². The summed E-state index contributed by atoms with van der Waals surface area (Å²) in [5.74, 6) is 0.828. The topological polar surface area (TPSA) is 55.2 Å². The molecule has 0 bridgehead atoms. The van der Waals surface area contributed by atoms with Crippen LogP contribution in [0.2, 0.25) is 0 Å². The lowest BCUT2D eigenvalue weighted by Crippen LogP contribution is -2.44. The predicted molar refractivity (Wildman–Crippen MR) is 149 cm³/mol. The fourth-order valence-corrected chi connectivity index (χ4v) is 5.91. The highest BCUT2D eigenvalue weighted by Gasteiger charge is 2.36. The van der Waals surface area contributed by atoms with Crippen molar-refractivity contribution in [2.75, 3.05) is 38.5 Å². The van der Waals surface area contributed by atoms with Crippen molar-refractivity contribution in [2.24, 2.45) is 11.3 Å². The fourth-order valence-electron chi connectivity index (χ4n) is 5.91. The fraction of sp³-hybridized carbons (Fsp3) is 0.667. The zero-order valence-corrected chi connectivity index (χ0v) is 22.8. The van der Waals surface area contributed by atoms with Gasteiger partial charge in [-0.3, -0.25) is 0 Å². The largest absolute Gasteiger partial charge is 0.366 e. The van der Waals surface area contributed by atoms with E-state index in [1.54, 1.807) is 0 Å². The number of hydrogen-bond donors (Lipinski definition) is 1. The Morgan fingerprint density at radius 2 is 1.97 bits per heavy atom. The normalized spacial score (nSPS) is 23.5. The number of pyridine rings is 1. The third-order valence-corrected chi connectivity index (χ3v) is 8.31. The second-order valence-corrected chi connectivity index (χ2v) is 11.0. The molecule has 0 saturated carbocycles. The molecule has 35 heavy (non-hydrogen) atoms. The number of rotatable bonds is 10. The van der Waals surface area contributed by atoms with E-state index in [1.165, 1.54) is 36.8 Å². The molecular formula is C30H47N5. The van der Waals surface area contributed by atoms with E-state index < -0.39 is 0 Å². The van der Waals surface area contributed by atoms with Crippen molar-refractivity contribution in [3.05, 3.63) is 36.0 Å². The lowest BCUT2D eigenvalue weighted by Gasteiger charge is -2.44. The molecule has 1 aromatic rings. The van der Waals surface area contributed by atoms with Gasteiger partial charge in [-0.25, -0.2) is 4.98 Å². The van der Waals surface area contributed by atoms with Crippen molar-refractivity contribution >= 4 is 17.5 Å². The summed E-state index contributed by atoms with van der Waals surface area (Å²) >= 11 is 0. The Kier molecular flexibility index (Phi) is 9.95. The van der Waals surface area contributed by atoms with Crippen LogP contribution in [0.4, 0.5) is 5.82 Å². The van der Waals surface area contributed by atoms with Gasteiger partial charge in [-0.05, 0) is 88.3 Å². The molecule has 2 atom stereocenters. The van der Waals surface area contributed by atoms with Crippen molar-refractivity contribution < 1.29 is 0 Å². The number of nitrogens with zero attached hydrogens (tertiary/aromatic N) is 4. The third kappa shape index (κ3) is 6.74. The molecular weight excluding hydrogens is 430 g/mol. The maximum atomic E-state index is 9.68. The Hall–Kier alpha value is -2.16. The van der Waals surface area contributed by atoms with Crippen LogP contribution in [-0.4, -0.2) is 60.1 Å². The minimum absolute atomic E-state index is 0.0292. The molecule has 192 valence electrons. The molecule has 2 aliphatic heterocycles. The zero-order chi connectivity index (χ0) is 25.4. The molecule has 0 aliphatic carbocycles. The van der Waals surface area contributed by atoms with Gasteiger partial charge < -0.3 is 15.1 Å². The monoisotopic (exact) mass is 477 g/mol. The number of nitrogens with one attached hydrogen (secondary N) is 1. The SMILES string of the molecule is C=C(c1cc(NC2CCN(C)C[C@H]2C#N)ncc1/C=C\C)C1(C)CCN(C(CCC)CCC)CC1. The van der Waals surface area contributed by atoms with Crippen LogP contribution < -0.4 is 5.32 Å². The Bertz CT molecular complexity index is 900. The minimum Gasteiger partial charge on any atom is -0.366 e. The molecule has 3 heterocycles. The summed E-state index contributed by atoms with van der Waals surface area (Å²) in [5.41, 5.74) is 3.62. The smallest absolute Gasteiger partial charge is 0.126 e. The van der Waals surface area contributed by atoms with Crippen LogP contribution in [0.15, 0.2) is 24.9 Å². The highest BCUT2D eigenvalue weighted by Crippen LogP contribution is 2.44. The second-order valence-electron chi connectivity index (χ2n) is 11.0. The summed E-state index contributed by atoms with van der Waals surface area (Å²) in [6.45, 7) is 17.8. The summed E-state index contributed by atoms with van der Waals surface area (Å²) in [5, 5.41) is 13.3. The van der Waals surface area contributed by atoms with Crippen molar-refractivity contribution in [1.82, 2.24) is 14.8 Å². The number of allylic oxidation sites excluding steroid dienone is 2. The predicted octanol–water partition coefficient (Wildman–Crippen LogP) is 6.45. The average molecular weight is 478 g/mol. The lowest BCUT2D eigenvalue weighted by atomic mass is 9.71. The van der Waals surface area contributed by atoms with E-state index >= 15 is 0 Å². The van der Waals surface area contributed by atoms with E-state index in [1.807, 2.05) is 6.20 Å². The molecule has 2 saturated heterocycles. The zero-order valence-electron chi connectivity index (χ0n) is 22.8. The molecule has 1 N–H and O–H groups in total. The molecule has 0 aromatic carbocycles. The van der Waals surface area contributed by atoms with Crippen LogP contribution in [-0.2, 0) is 0 Å². The molecule has 3 rings (SSSR count). The molecule has 0 amide bonds. The first-order chi connectivity index (χ1) is 16.8. The number of aromatic nitrogens is 1. The average Bonchev–Trinajstić information content (AvgIpc) is 2.86. The number of anilines is 1. The molecule has 2 aliphatic rings. The van der Waals surface area contributed by atoms with E-state index in [0.717, 1.165) is 62.9 Å². The molecule has 5 nitrogen and oxygen atoms in total. The van der Waals surface area contributed by atoms with Crippen molar-refractivity contribution in [3.8, 4) is 6.07 Å². The summed E-state index contributed by atoms with van der Waals surface area (Å²) in [6.07, 6.45) is 14.5. The molecule has 5 heteroatoms. The Morgan fingerprint density at radius 1 is 1.29 bits per heavy atom. The van der Waals surface area contributed by atoms with Gasteiger partial charge in [0.15, 0.2) is 0 Å². The van der Waals surface area contributed by atoms with Crippen molar-refractivity contribution in [1.29, 1.82) is 5.26 Å². The summed E-state index contributed by atoms with van der Waals surface area (Å²) in [4.78, 5) is 9.70. The second kappa shape index (κ2) is 12.7. The van der Waals surface area contributed by atoms with Gasteiger partial charge in [0, 0.05) is 30.4 Å². The molecule has 2 fully saturated rings. The third-order valence-electron chi connectivity index (χ3n) is 8.31. The van der Waals surface area contributed by atoms with E-state index in [0.29, 0.717) is 0 Å². The van der Waals surface area contributed by atoms with Crippen LogP contribution in [0, 0.1) is 22.7 Å². The highest BCUT2D eigenvalue weighted by molar-refractivity contribution is 5.77. The highest BCUT2D eigenvalue weighted by atomic mass is 15.2. The number of hydrogen-bond acceptors (Lipinski definition) is 5. The molecule has 1 unspecified atom stereocenters. The Balaban J connectivity index is 1.78. The van der Waals surface area contributed by atoms with Gasteiger partial charge in [0.05, 0.1) is 12.0 Å². The van der Waals surface area contributed by atoms with Gasteiger partial charge >= 0.3 is 0 Å². The first-order valence-electron chi connectivity index (χ1n) is 13.8. The maximum Gasteiger partial charge on any atom is 0.126 e. The van der Waals surface area contributed by atoms with Gasteiger partial charge in [0.2, 0.25) is 0 Å². The van der Waals surface area contributed by atoms with Gasteiger partial charge in [-0.2, -0.15) is 5.26 Å². The first kappa shape index (κ1) is 27.4. The number of likely N-dealkylation sites (tertiary alicyclic amines) is 2. The van der Waals surface area contributed by atoms with Crippen LogP contribution in [0.1, 0.15) is 83.8 Å². The van der Waals surface area contributed by atoms with Gasteiger partial charge in [-0.1, -0.05) is 52.3 Å². The van der Waals surface area contributed by atoms with Crippen LogP contribution in [0.5, 0.6) is 0 Å². The first-order valence-corrected chi connectivity index (χ1v) is 13.8. The van der Waals surface area contributed by atoms with Crippen molar-refractivity contribution in [3.63, 3.8) is 0 Å². The lowest BCUT2D eigenvalue weighted by molar-refractivity contribution is 0.102. The number of piperidine rings is 2. The van der Waals surface area contributed by atoms with Crippen LogP contribution in [0.3, 0.4) is 0 Å². The quantitative estimate of drug-likeness (QED) is 0.419. The molecule has 0 radical (unpaired) electrons. The summed E-state index contributed by atoms with van der Waals surface area (Å²) in [7, 11) is 2.09. The summed E-state index contributed by atoms with van der Waals surface area (Å²) in [6, 6.07) is 5.53. The maximum absolute atomic E-state index is 9.68. The van der Waals surface area contributed by atoms with Crippen molar-refractivity contribution in [2.45, 2.75) is 84.7 Å². The van der Waals surface area contributed by atoms with Gasteiger partial charge in [0.1, 0.15) is 5.82 Å². The summed E-state index contributed by atoms with van der Waals surface area (Å²) < 4.78 is 0. The standard InChI is InChI=1S/C30H47N5/c1-7-10-24-21-32-29(33-28-13-16-34(6)22-25(28)20-31)19-27(24)23(4)30(5)14-17-35(18-15-30)26(11-8-2)12-9-3/h7,10,19,21,25-26,28H,4,8-9,11-18,22H2,1-3,5-6H3,(H,32,33)/b10-7-/t25-,28?/m1/s1. The van der Waals surface area contributed by atoms with E-state index in [9.17, 15) is 5.26 Å². The Morgan fingerprint density at radius 3 is 2.57 bits per heavy atom. The van der Waals surface area contributed by atoms with E-state index in [2.05, 4.69) is 80.7 Å². The van der Waals surface area contributed by atoms with Crippen LogP contribution >= 0.6 is 0 Å². The molecule has 1 aromatic heterocycles. The van der Waals surface area contributed by atoms with E-state index in [-0.39, 0.29) is 17.4 Å². The van der Waals surface area contributed by atoms with Gasteiger partial charge in [-0.15, -0.1) is 0 Å². The van der Waals surface area contributed by atoms with Crippen LogP contribution in [0.25, 0.3) is 11.6 Å².